The Balaban J connectivity index is 2.37. The molecule has 2 aromatic carbocycles. The highest BCUT2D eigenvalue weighted by Crippen LogP contribution is 2.27. The van der Waals surface area contributed by atoms with Crippen molar-refractivity contribution in [1.29, 1.82) is 0 Å². The zero-order valence-electron chi connectivity index (χ0n) is 12.0. The molecule has 2 rings (SSSR count). The Labute approximate surface area is 116 Å². The highest BCUT2D eigenvalue weighted by molar-refractivity contribution is 5.64. The maximum atomic E-state index is 3.52. The van der Waals surface area contributed by atoms with Crippen LogP contribution in [0.25, 0.3) is 0 Å². The van der Waals surface area contributed by atoms with Crippen LogP contribution in [0.5, 0.6) is 0 Å². The summed E-state index contributed by atoms with van der Waals surface area (Å²) in [4.78, 5) is 4.22. The summed E-state index contributed by atoms with van der Waals surface area (Å²) >= 11 is 0. The monoisotopic (exact) mass is 252 g/mol. The summed E-state index contributed by atoms with van der Waals surface area (Å²) in [6.45, 7) is 0. The highest BCUT2D eigenvalue weighted by Gasteiger charge is 2.09. The predicted molar refractivity (Wildman–Crippen MR) is 83.0 cm³/mol. The number of rotatable bonds is 4. The maximum absolute atomic E-state index is 3.52. The van der Waals surface area contributed by atoms with E-state index < -0.39 is 0 Å². The molecule has 0 aromatic heterocycles. The largest absolute Gasteiger partial charge is 0.377 e. The Morgan fingerprint density at radius 1 is 0.632 bits per heavy atom. The number of hydrogen-bond donors (Lipinski definition) is 0. The molecule has 2 heteroatoms. The zero-order chi connectivity index (χ0) is 13.8. The zero-order valence-corrected chi connectivity index (χ0v) is 12.0. The molecule has 0 bridgehead atoms. The van der Waals surface area contributed by atoms with Crippen molar-refractivity contribution >= 4 is 11.4 Å². The van der Waals surface area contributed by atoms with E-state index in [0.29, 0.717) is 0 Å². The molecule has 0 aliphatic carbocycles. The van der Waals surface area contributed by atoms with E-state index in [1.807, 2.05) is 12.1 Å². The lowest BCUT2D eigenvalue weighted by molar-refractivity contribution is 1.10. The molecule has 0 saturated carbocycles. The van der Waals surface area contributed by atoms with Gasteiger partial charge in [-0.05, 0) is 23.3 Å². The topological polar surface area (TPSA) is 6.48 Å². The molecule has 98 valence electrons. The van der Waals surface area contributed by atoms with E-state index in [0.717, 1.165) is 11.1 Å². The molecule has 0 amide bonds. The molecule has 2 nitrogen and oxygen atoms in total. The fraction of sp³-hybridized carbons (Fsp3) is 0.235. The molecule has 0 saturated heterocycles. The summed E-state index contributed by atoms with van der Waals surface area (Å²) in [7, 11) is 8.22. The van der Waals surface area contributed by atoms with Crippen LogP contribution in [0.1, 0.15) is 11.1 Å². The Morgan fingerprint density at radius 2 is 1.00 bits per heavy atom. The van der Waals surface area contributed by atoms with Crippen LogP contribution >= 0.6 is 0 Å². The van der Waals surface area contributed by atoms with Crippen molar-refractivity contribution in [2.75, 3.05) is 38.0 Å². The first-order valence-corrected chi connectivity index (χ1v) is 6.39. The molecule has 2 radical (unpaired) electrons. The lowest BCUT2D eigenvalue weighted by Crippen LogP contribution is -2.13. The second-order valence-corrected chi connectivity index (χ2v) is 4.95. The first kappa shape index (κ1) is 13.5. The lowest BCUT2D eigenvalue weighted by Gasteiger charge is -2.20. The summed E-state index contributed by atoms with van der Waals surface area (Å²) in [5.74, 6) is 0. The van der Waals surface area contributed by atoms with Crippen LogP contribution in [0.2, 0.25) is 0 Å². The van der Waals surface area contributed by atoms with Crippen molar-refractivity contribution in [1.82, 2.24) is 0 Å². The highest BCUT2D eigenvalue weighted by atomic mass is 15.1. The van der Waals surface area contributed by atoms with Crippen LogP contribution in [0.3, 0.4) is 0 Å². The quantitative estimate of drug-likeness (QED) is 0.824. The van der Waals surface area contributed by atoms with Crippen molar-refractivity contribution in [3.63, 3.8) is 0 Å². The summed E-state index contributed by atoms with van der Waals surface area (Å²) < 4.78 is 0. The van der Waals surface area contributed by atoms with E-state index in [1.165, 1.54) is 11.4 Å². The van der Waals surface area contributed by atoms with Crippen molar-refractivity contribution < 1.29 is 0 Å². The van der Waals surface area contributed by atoms with Gasteiger partial charge in [-0.2, -0.15) is 0 Å². The SMILES string of the molecule is CN(C)c1ccccc1[C]c1ccccc1N(C)C. The van der Waals surface area contributed by atoms with Gasteiger partial charge in [0.25, 0.3) is 0 Å². The van der Waals surface area contributed by atoms with Gasteiger partial charge in [0.2, 0.25) is 0 Å². The lowest BCUT2D eigenvalue weighted by atomic mass is 10.0. The minimum Gasteiger partial charge on any atom is -0.377 e. The van der Waals surface area contributed by atoms with Crippen molar-refractivity contribution in [3.05, 3.63) is 66.1 Å². The van der Waals surface area contributed by atoms with Crippen LogP contribution in [-0.4, -0.2) is 28.2 Å². The molecule has 19 heavy (non-hydrogen) atoms. The van der Waals surface area contributed by atoms with Crippen LogP contribution in [0.4, 0.5) is 11.4 Å². The predicted octanol–water partition coefficient (Wildman–Crippen LogP) is 3.30. The summed E-state index contributed by atoms with van der Waals surface area (Å²) in [5.41, 5.74) is 4.58. The second kappa shape index (κ2) is 5.79. The normalized spacial score (nSPS) is 10.3. The van der Waals surface area contributed by atoms with Gasteiger partial charge < -0.3 is 9.80 Å². The first-order valence-electron chi connectivity index (χ1n) is 6.39. The van der Waals surface area contributed by atoms with Crippen molar-refractivity contribution in [2.24, 2.45) is 0 Å². The fourth-order valence-corrected chi connectivity index (χ4v) is 2.08. The molecule has 2 aromatic rings. The molecular formula is C17H20N2. The molecule has 0 heterocycles. The summed E-state index contributed by atoms with van der Waals surface area (Å²) in [5, 5.41) is 0. The van der Waals surface area contributed by atoms with Crippen LogP contribution in [0.15, 0.2) is 48.5 Å². The standard InChI is InChI=1S/C17H20N2/c1-18(2)16-11-7-5-9-14(16)13-15-10-6-8-12-17(15)19(3)4/h5-12H,1-4H3. The van der Waals surface area contributed by atoms with Gasteiger partial charge >= 0.3 is 0 Å². The van der Waals surface area contributed by atoms with E-state index in [9.17, 15) is 0 Å². The van der Waals surface area contributed by atoms with Crippen LogP contribution in [0, 0.1) is 6.42 Å². The third kappa shape index (κ3) is 3.08. The van der Waals surface area contributed by atoms with Crippen molar-refractivity contribution in [2.45, 2.75) is 0 Å². The van der Waals surface area contributed by atoms with Gasteiger partial charge in [-0.25, -0.2) is 0 Å². The fourth-order valence-electron chi connectivity index (χ4n) is 2.08. The number of benzene rings is 2. The third-order valence-corrected chi connectivity index (χ3v) is 3.04. The van der Waals surface area contributed by atoms with Crippen LogP contribution < -0.4 is 9.80 Å². The molecule has 0 atom stereocenters. The average molecular weight is 252 g/mol. The van der Waals surface area contributed by atoms with Gasteiger partial charge in [0, 0.05) is 39.6 Å². The van der Waals surface area contributed by atoms with Gasteiger partial charge in [-0.3, -0.25) is 0 Å². The summed E-state index contributed by atoms with van der Waals surface area (Å²) in [6, 6.07) is 16.6. The van der Waals surface area contributed by atoms with Gasteiger partial charge in [-0.1, -0.05) is 36.4 Å². The molecule has 0 unspecified atom stereocenters. The Hall–Kier alpha value is -1.96. The molecule has 0 aliphatic heterocycles. The molecule has 0 spiro atoms. The Morgan fingerprint density at radius 3 is 1.37 bits per heavy atom. The average Bonchev–Trinajstić information content (AvgIpc) is 2.39. The minimum absolute atomic E-state index is 1.11. The van der Waals surface area contributed by atoms with Crippen molar-refractivity contribution in [3.8, 4) is 0 Å². The molecule has 0 N–H and O–H groups in total. The molecule has 0 aliphatic rings. The summed E-state index contributed by atoms with van der Waals surface area (Å²) in [6.07, 6.45) is 3.52. The van der Waals surface area contributed by atoms with E-state index in [1.54, 1.807) is 0 Å². The van der Waals surface area contributed by atoms with E-state index in [4.69, 9.17) is 0 Å². The second-order valence-electron chi connectivity index (χ2n) is 4.95. The Bertz CT molecular complexity index is 495. The van der Waals surface area contributed by atoms with Gasteiger partial charge in [0.1, 0.15) is 0 Å². The number of anilines is 2. The Kier molecular flexibility index (Phi) is 4.10. The van der Waals surface area contributed by atoms with Gasteiger partial charge in [0.15, 0.2) is 0 Å². The number of hydrogen-bond acceptors (Lipinski definition) is 2. The van der Waals surface area contributed by atoms with E-state index >= 15 is 0 Å². The third-order valence-electron chi connectivity index (χ3n) is 3.04. The smallest absolute Gasteiger partial charge is 0.0545 e. The molecular weight excluding hydrogens is 232 g/mol. The number of para-hydroxylation sites is 2. The molecule has 0 fully saturated rings. The van der Waals surface area contributed by atoms with Gasteiger partial charge in [-0.15, -0.1) is 0 Å². The van der Waals surface area contributed by atoms with Crippen LogP contribution in [-0.2, 0) is 0 Å². The van der Waals surface area contributed by atoms with E-state index in [-0.39, 0.29) is 0 Å². The van der Waals surface area contributed by atoms with E-state index in [2.05, 4.69) is 80.8 Å². The first-order chi connectivity index (χ1) is 9.09. The maximum Gasteiger partial charge on any atom is 0.0545 e. The number of nitrogens with zero attached hydrogens (tertiary/aromatic N) is 2. The van der Waals surface area contributed by atoms with Gasteiger partial charge in [0.05, 0.1) is 6.42 Å². The minimum atomic E-state index is 1.11.